The van der Waals surface area contributed by atoms with Crippen molar-refractivity contribution in [3.05, 3.63) is 23.3 Å². The number of hydrogen-bond acceptors (Lipinski definition) is 2. The molecular formula is C13H17ClN2. The molecule has 1 aromatic heterocycles. The van der Waals surface area contributed by atoms with E-state index in [-0.39, 0.29) is 0 Å². The first-order valence-corrected chi connectivity index (χ1v) is 6.74. The van der Waals surface area contributed by atoms with Crippen molar-refractivity contribution >= 4 is 11.6 Å². The number of halogens is 1. The average molecular weight is 237 g/mol. The van der Waals surface area contributed by atoms with Gasteiger partial charge in [-0.25, -0.2) is 9.97 Å². The Bertz CT molecular complexity index is 388. The van der Waals surface area contributed by atoms with Crippen molar-refractivity contribution in [1.29, 1.82) is 0 Å². The molecule has 1 atom stereocenters. The van der Waals surface area contributed by atoms with Crippen molar-refractivity contribution in [2.45, 2.75) is 50.3 Å². The van der Waals surface area contributed by atoms with Gasteiger partial charge in [0.1, 0.15) is 6.33 Å². The van der Waals surface area contributed by atoms with Gasteiger partial charge in [0.05, 0.1) is 0 Å². The zero-order valence-electron chi connectivity index (χ0n) is 9.45. The van der Waals surface area contributed by atoms with E-state index in [9.17, 15) is 0 Å². The molecule has 0 saturated heterocycles. The van der Waals surface area contributed by atoms with Gasteiger partial charge in [0.15, 0.2) is 0 Å². The Morgan fingerprint density at radius 1 is 1.25 bits per heavy atom. The summed E-state index contributed by atoms with van der Waals surface area (Å²) in [5.41, 5.74) is 3.90. The number of nitrogens with zero attached hydrogens (tertiary/aromatic N) is 2. The van der Waals surface area contributed by atoms with E-state index in [0.717, 1.165) is 25.2 Å². The molecule has 3 heteroatoms. The number of alkyl halides is 1. The summed E-state index contributed by atoms with van der Waals surface area (Å²) in [6, 6.07) is 0. The summed E-state index contributed by atoms with van der Waals surface area (Å²) in [4.78, 5) is 8.84. The maximum atomic E-state index is 6.39. The largest absolute Gasteiger partial charge is 0.241 e. The first-order chi connectivity index (χ1) is 7.84. The molecule has 0 amide bonds. The molecule has 86 valence electrons. The number of aryl methyl sites for hydroxylation is 1. The Kier molecular flexibility index (Phi) is 2.84. The third kappa shape index (κ3) is 2.08. The van der Waals surface area contributed by atoms with Crippen LogP contribution in [0.15, 0.2) is 6.33 Å². The second-order valence-electron chi connectivity index (χ2n) is 5.01. The maximum Gasteiger partial charge on any atom is 0.115 e. The predicted octanol–water partition coefficient (Wildman–Crippen LogP) is 2.92. The minimum Gasteiger partial charge on any atom is -0.241 e. The van der Waals surface area contributed by atoms with E-state index in [1.807, 2.05) is 0 Å². The van der Waals surface area contributed by atoms with Gasteiger partial charge in [-0.15, -0.1) is 11.6 Å². The van der Waals surface area contributed by atoms with Crippen LogP contribution in [0.2, 0.25) is 0 Å². The van der Waals surface area contributed by atoms with Gasteiger partial charge in [-0.05, 0) is 50.0 Å². The minimum absolute atomic E-state index is 0.293. The highest BCUT2D eigenvalue weighted by Gasteiger charge is 2.30. The van der Waals surface area contributed by atoms with Crippen molar-refractivity contribution in [3.8, 4) is 0 Å². The van der Waals surface area contributed by atoms with Crippen LogP contribution in [0.4, 0.5) is 0 Å². The summed E-state index contributed by atoms with van der Waals surface area (Å²) < 4.78 is 0. The van der Waals surface area contributed by atoms with Crippen molar-refractivity contribution in [3.63, 3.8) is 0 Å². The van der Waals surface area contributed by atoms with Crippen LogP contribution in [0.25, 0.3) is 0 Å². The summed E-state index contributed by atoms with van der Waals surface area (Å²) in [5, 5.41) is 0.293. The van der Waals surface area contributed by atoms with Crippen LogP contribution in [0.3, 0.4) is 0 Å². The van der Waals surface area contributed by atoms with Gasteiger partial charge in [-0.1, -0.05) is 0 Å². The van der Waals surface area contributed by atoms with Gasteiger partial charge >= 0.3 is 0 Å². The van der Waals surface area contributed by atoms with Crippen molar-refractivity contribution < 1.29 is 0 Å². The van der Waals surface area contributed by atoms with Crippen LogP contribution in [0.5, 0.6) is 0 Å². The van der Waals surface area contributed by atoms with Gasteiger partial charge in [-0.3, -0.25) is 0 Å². The quantitative estimate of drug-likeness (QED) is 0.755. The van der Waals surface area contributed by atoms with Crippen molar-refractivity contribution in [2.24, 2.45) is 5.92 Å². The van der Waals surface area contributed by atoms with E-state index in [4.69, 9.17) is 11.6 Å². The molecular weight excluding hydrogens is 220 g/mol. The van der Waals surface area contributed by atoms with E-state index in [2.05, 4.69) is 9.97 Å². The molecule has 0 radical (unpaired) electrons. The zero-order chi connectivity index (χ0) is 11.0. The average Bonchev–Trinajstić information content (AvgIpc) is 3.13. The van der Waals surface area contributed by atoms with Gasteiger partial charge in [0.25, 0.3) is 0 Å². The van der Waals surface area contributed by atoms with E-state index in [0.29, 0.717) is 5.38 Å². The van der Waals surface area contributed by atoms with Crippen molar-refractivity contribution in [1.82, 2.24) is 9.97 Å². The van der Waals surface area contributed by atoms with E-state index in [1.54, 1.807) is 6.33 Å². The molecule has 0 aromatic carbocycles. The fourth-order valence-electron chi connectivity index (χ4n) is 2.57. The highest BCUT2D eigenvalue weighted by Crippen LogP contribution is 2.37. The SMILES string of the molecule is ClC(Cc1ncnc2c1CCCC2)C1CC1. The smallest absolute Gasteiger partial charge is 0.115 e. The van der Waals surface area contributed by atoms with Crippen molar-refractivity contribution in [2.75, 3.05) is 0 Å². The second-order valence-corrected chi connectivity index (χ2v) is 5.57. The summed E-state index contributed by atoms with van der Waals surface area (Å²) in [6.07, 6.45) is 10.1. The van der Waals surface area contributed by atoms with Crippen LogP contribution in [0.1, 0.15) is 42.6 Å². The topological polar surface area (TPSA) is 25.8 Å². The number of hydrogen-bond donors (Lipinski definition) is 0. The zero-order valence-corrected chi connectivity index (χ0v) is 10.2. The van der Waals surface area contributed by atoms with Crippen LogP contribution < -0.4 is 0 Å². The van der Waals surface area contributed by atoms with Gasteiger partial charge in [0.2, 0.25) is 0 Å². The fourth-order valence-corrected chi connectivity index (χ4v) is 2.97. The summed E-state index contributed by atoms with van der Waals surface area (Å²) in [7, 11) is 0. The van der Waals surface area contributed by atoms with E-state index >= 15 is 0 Å². The molecule has 0 N–H and O–H groups in total. The standard InChI is InChI=1S/C13H17ClN2/c14-11(9-5-6-9)7-13-10-3-1-2-4-12(10)15-8-16-13/h8-9,11H,1-7H2. The van der Waals surface area contributed by atoms with Crippen LogP contribution in [0, 0.1) is 5.92 Å². The maximum absolute atomic E-state index is 6.39. The van der Waals surface area contributed by atoms with Gasteiger partial charge < -0.3 is 0 Å². The normalized spacial score (nSPS) is 21.6. The highest BCUT2D eigenvalue weighted by molar-refractivity contribution is 6.21. The molecule has 3 rings (SSSR count). The minimum atomic E-state index is 0.293. The summed E-state index contributed by atoms with van der Waals surface area (Å²) in [6.45, 7) is 0. The Morgan fingerprint density at radius 3 is 2.88 bits per heavy atom. The molecule has 0 bridgehead atoms. The number of aromatic nitrogens is 2. The molecule has 2 aliphatic rings. The summed E-state index contributed by atoms with van der Waals surface area (Å²) >= 11 is 6.39. The first kappa shape index (κ1) is 10.5. The highest BCUT2D eigenvalue weighted by atomic mass is 35.5. The lowest BCUT2D eigenvalue weighted by molar-refractivity contribution is 0.638. The Morgan fingerprint density at radius 2 is 2.06 bits per heavy atom. The van der Waals surface area contributed by atoms with Crippen LogP contribution in [-0.2, 0) is 19.3 Å². The Hall–Kier alpha value is -0.630. The molecule has 0 aliphatic heterocycles. The first-order valence-electron chi connectivity index (χ1n) is 6.30. The molecule has 1 unspecified atom stereocenters. The lowest BCUT2D eigenvalue weighted by Crippen LogP contribution is -2.15. The monoisotopic (exact) mass is 236 g/mol. The molecule has 1 aromatic rings. The third-order valence-electron chi connectivity index (χ3n) is 3.74. The molecule has 1 saturated carbocycles. The lowest BCUT2D eigenvalue weighted by atomic mass is 9.93. The molecule has 1 heterocycles. The van der Waals surface area contributed by atoms with Gasteiger partial charge in [-0.2, -0.15) is 0 Å². The second kappa shape index (κ2) is 4.33. The molecule has 2 aliphatic carbocycles. The number of rotatable bonds is 3. The molecule has 2 nitrogen and oxygen atoms in total. The molecule has 1 fully saturated rings. The van der Waals surface area contributed by atoms with Gasteiger partial charge in [0, 0.05) is 23.2 Å². The van der Waals surface area contributed by atoms with Crippen LogP contribution in [-0.4, -0.2) is 15.3 Å². The van der Waals surface area contributed by atoms with Crippen LogP contribution >= 0.6 is 11.6 Å². The molecule has 16 heavy (non-hydrogen) atoms. The number of fused-ring (bicyclic) bond motifs is 1. The summed E-state index contributed by atoms with van der Waals surface area (Å²) in [5.74, 6) is 0.746. The van der Waals surface area contributed by atoms with E-state index < -0.39 is 0 Å². The lowest BCUT2D eigenvalue weighted by Gasteiger charge is -2.18. The van der Waals surface area contributed by atoms with E-state index in [1.165, 1.54) is 42.6 Å². The Balaban J connectivity index is 1.82. The predicted molar refractivity (Wildman–Crippen MR) is 64.7 cm³/mol. The third-order valence-corrected chi connectivity index (χ3v) is 4.25. The fraction of sp³-hybridized carbons (Fsp3) is 0.692. The Labute approximate surface area is 101 Å². The molecule has 0 spiro atoms.